The molecule has 0 spiro atoms. The van der Waals surface area contributed by atoms with E-state index < -0.39 is 0 Å². The standard InChI is InChI=1S/C23H26ClNO/c1-22(2)11-15-12-23(3,14-22)13-17(15)21(26)20-10-6-9-19(25-20)16-7-4-5-8-18(16)24/h4-10,15,17H,11-14H2,1-3H3/t15-,17?,23+/m1/s1. The third-order valence-electron chi connectivity index (χ3n) is 6.24. The van der Waals surface area contributed by atoms with Crippen molar-refractivity contribution in [2.24, 2.45) is 22.7 Å². The number of aromatic nitrogens is 1. The Hall–Kier alpha value is -1.67. The molecule has 3 atom stereocenters. The average molecular weight is 368 g/mol. The number of hydrogen-bond donors (Lipinski definition) is 0. The van der Waals surface area contributed by atoms with Gasteiger partial charge in [0.15, 0.2) is 5.78 Å². The summed E-state index contributed by atoms with van der Waals surface area (Å²) in [6.45, 7) is 7.06. The molecule has 0 radical (unpaired) electrons. The molecule has 1 heterocycles. The molecule has 0 aliphatic heterocycles. The van der Waals surface area contributed by atoms with E-state index in [9.17, 15) is 4.79 Å². The minimum atomic E-state index is 0.107. The highest BCUT2D eigenvalue weighted by Crippen LogP contribution is 2.60. The van der Waals surface area contributed by atoms with Crippen LogP contribution in [0, 0.1) is 22.7 Å². The first-order chi connectivity index (χ1) is 12.3. The fourth-order valence-corrected chi connectivity index (χ4v) is 5.97. The van der Waals surface area contributed by atoms with Crippen molar-refractivity contribution < 1.29 is 4.79 Å². The summed E-state index contributed by atoms with van der Waals surface area (Å²) in [5.41, 5.74) is 2.87. The van der Waals surface area contributed by atoms with E-state index in [4.69, 9.17) is 11.6 Å². The van der Waals surface area contributed by atoms with Crippen LogP contribution in [0.15, 0.2) is 42.5 Å². The third kappa shape index (κ3) is 3.20. The average Bonchev–Trinajstić information content (AvgIpc) is 2.83. The van der Waals surface area contributed by atoms with Crippen LogP contribution in [-0.2, 0) is 0 Å². The van der Waals surface area contributed by atoms with Crippen LogP contribution in [0.5, 0.6) is 0 Å². The van der Waals surface area contributed by atoms with E-state index in [0.29, 0.717) is 27.5 Å². The molecule has 2 bridgehead atoms. The van der Waals surface area contributed by atoms with Gasteiger partial charge in [-0.05, 0) is 60.6 Å². The molecule has 26 heavy (non-hydrogen) atoms. The van der Waals surface area contributed by atoms with Crippen molar-refractivity contribution in [3.63, 3.8) is 0 Å². The van der Waals surface area contributed by atoms with Crippen LogP contribution in [0.4, 0.5) is 0 Å². The van der Waals surface area contributed by atoms with Crippen LogP contribution in [0.1, 0.15) is 56.9 Å². The number of pyridine rings is 1. The van der Waals surface area contributed by atoms with Crippen molar-refractivity contribution in [1.82, 2.24) is 4.98 Å². The Kier molecular flexibility index (Phi) is 4.23. The molecular weight excluding hydrogens is 342 g/mol. The van der Waals surface area contributed by atoms with Gasteiger partial charge in [-0.2, -0.15) is 0 Å². The predicted octanol–water partition coefficient (Wildman–Crippen LogP) is 6.44. The van der Waals surface area contributed by atoms with Crippen LogP contribution in [0.25, 0.3) is 11.3 Å². The van der Waals surface area contributed by atoms with Gasteiger partial charge in [0, 0.05) is 16.5 Å². The van der Waals surface area contributed by atoms with Gasteiger partial charge in [0.25, 0.3) is 0 Å². The summed E-state index contributed by atoms with van der Waals surface area (Å²) in [6, 6.07) is 13.4. The second kappa shape index (κ2) is 6.20. The van der Waals surface area contributed by atoms with E-state index in [1.54, 1.807) is 0 Å². The highest BCUT2D eigenvalue weighted by atomic mass is 35.5. The van der Waals surface area contributed by atoms with E-state index in [0.717, 1.165) is 24.1 Å². The number of ketones is 1. The number of Topliss-reactive ketones (excluding diaryl/α,β-unsaturated/α-hetero) is 1. The number of carbonyl (C=O) groups is 1. The predicted molar refractivity (Wildman–Crippen MR) is 106 cm³/mol. The maximum Gasteiger partial charge on any atom is 0.184 e. The van der Waals surface area contributed by atoms with Gasteiger partial charge in [-0.3, -0.25) is 4.79 Å². The summed E-state index contributed by atoms with van der Waals surface area (Å²) in [4.78, 5) is 18.0. The highest BCUT2D eigenvalue weighted by Gasteiger charge is 2.52. The Morgan fingerprint density at radius 3 is 2.58 bits per heavy atom. The molecule has 2 aliphatic carbocycles. The zero-order chi connectivity index (χ0) is 18.5. The van der Waals surface area contributed by atoms with Gasteiger partial charge >= 0.3 is 0 Å². The zero-order valence-electron chi connectivity index (χ0n) is 15.8. The summed E-state index contributed by atoms with van der Waals surface area (Å²) in [6.07, 6.45) is 4.53. The van der Waals surface area contributed by atoms with Gasteiger partial charge in [-0.15, -0.1) is 0 Å². The number of halogens is 1. The van der Waals surface area contributed by atoms with Crippen molar-refractivity contribution in [3.05, 3.63) is 53.2 Å². The van der Waals surface area contributed by atoms with E-state index in [-0.39, 0.29) is 11.7 Å². The molecule has 2 saturated carbocycles. The van der Waals surface area contributed by atoms with Gasteiger partial charge in [0.2, 0.25) is 0 Å². The Balaban J connectivity index is 1.64. The number of rotatable bonds is 3. The van der Waals surface area contributed by atoms with Crippen molar-refractivity contribution in [2.75, 3.05) is 0 Å². The topological polar surface area (TPSA) is 30.0 Å². The van der Waals surface area contributed by atoms with Gasteiger partial charge in [-0.25, -0.2) is 4.98 Å². The highest BCUT2D eigenvalue weighted by molar-refractivity contribution is 6.33. The first-order valence-electron chi connectivity index (χ1n) is 9.53. The van der Waals surface area contributed by atoms with E-state index in [1.807, 2.05) is 42.5 Å². The van der Waals surface area contributed by atoms with E-state index >= 15 is 0 Å². The smallest absolute Gasteiger partial charge is 0.184 e. The molecule has 136 valence electrons. The van der Waals surface area contributed by atoms with Crippen LogP contribution < -0.4 is 0 Å². The Morgan fingerprint density at radius 1 is 1.04 bits per heavy atom. The van der Waals surface area contributed by atoms with Gasteiger partial charge in [-0.1, -0.05) is 56.6 Å². The summed E-state index contributed by atoms with van der Waals surface area (Å²) in [5.74, 6) is 0.808. The molecule has 0 N–H and O–H groups in total. The van der Waals surface area contributed by atoms with E-state index in [1.165, 1.54) is 12.8 Å². The summed E-state index contributed by atoms with van der Waals surface area (Å²) >= 11 is 6.32. The van der Waals surface area contributed by atoms with Crippen molar-refractivity contribution in [3.8, 4) is 11.3 Å². The molecule has 4 rings (SSSR count). The molecule has 0 amide bonds. The molecular formula is C23H26ClNO. The van der Waals surface area contributed by atoms with Crippen molar-refractivity contribution in [2.45, 2.75) is 46.5 Å². The minimum absolute atomic E-state index is 0.107. The summed E-state index contributed by atoms with van der Waals surface area (Å²) in [5, 5.41) is 0.663. The van der Waals surface area contributed by atoms with Gasteiger partial charge in [0.1, 0.15) is 5.69 Å². The number of fused-ring (bicyclic) bond motifs is 2. The molecule has 1 unspecified atom stereocenters. The Morgan fingerprint density at radius 2 is 1.81 bits per heavy atom. The van der Waals surface area contributed by atoms with Crippen LogP contribution in [0.3, 0.4) is 0 Å². The summed E-state index contributed by atoms with van der Waals surface area (Å²) < 4.78 is 0. The quantitative estimate of drug-likeness (QED) is 0.584. The largest absolute Gasteiger partial charge is 0.292 e. The maximum absolute atomic E-state index is 13.3. The SMILES string of the molecule is CC1(C)C[C@@H]2C[C@@](C)(CC2C(=O)c2cccc(-c3ccccc3Cl)n2)C1. The lowest BCUT2D eigenvalue weighted by molar-refractivity contribution is 0.0845. The van der Waals surface area contributed by atoms with Crippen LogP contribution >= 0.6 is 11.6 Å². The first-order valence-corrected chi connectivity index (χ1v) is 9.90. The molecule has 0 saturated heterocycles. The van der Waals surface area contributed by atoms with Crippen molar-refractivity contribution in [1.29, 1.82) is 0 Å². The minimum Gasteiger partial charge on any atom is -0.292 e. The Labute approximate surface area is 161 Å². The van der Waals surface area contributed by atoms with Crippen molar-refractivity contribution >= 4 is 17.4 Å². The molecule has 1 aromatic heterocycles. The number of carbonyl (C=O) groups excluding carboxylic acids is 1. The molecule has 2 fully saturated rings. The molecule has 2 aliphatic rings. The van der Waals surface area contributed by atoms with Gasteiger partial charge in [0.05, 0.1) is 5.69 Å². The molecule has 2 nitrogen and oxygen atoms in total. The maximum atomic E-state index is 13.3. The fourth-order valence-electron chi connectivity index (χ4n) is 5.74. The molecule has 2 aromatic rings. The first kappa shape index (κ1) is 17.7. The number of benzene rings is 1. The second-order valence-corrected chi connectivity index (χ2v) is 9.79. The van der Waals surface area contributed by atoms with Crippen LogP contribution in [-0.4, -0.2) is 10.8 Å². The monoisotopic (exact) mass is 367 g/mol. The lowest BCUT2D eigenvalue weighted by Gasteiger charge is -2.40. The zero-order valence-corrected chi connectivity index (χ0v) is 16.5. The van der Waals surface area contributed by atoms with E-state index in [2.05, 4.69) is 25.8 Å². The third-order valence-corrected chi connectivity index (χ3v) is 6.57. The molecule has 1 aromatic carbocycles. The second-order valence-electron chi connectivity index (χ2n) is 9.38. The summed E-state index contributed by atoms with van der Waals surface area (Å²) in [7, 11) is 0. The molecule has 3 heteroatoms. The number of nitrogens with zero attached hydrogens (tertiary/aromatic N) is 1. The lowest BCUT2D eigenvalue weighted by Crippen LogP contribution is -2.30. The van der Waals surface area contributed by atoms with Crippen LogP contribution in [0.2, 0.25) is 5.02 Å². The Bertz CT molecular complexity index is 859. The number of hydrogen-bond acceptors (Lipinski definition) is 2. The fraction of sp³-hybridized carbons (Fsp3) is 0.478. The lowest BCUT2D eigenvalue weighted by atomic mass is 9.65. The van der Waals surface area contributed by atoms with Gasteiger partial charge < -0.3 is 0 Å². The normalized spacial score (nSPS) is 29.5.